The Morgan fingerprint density at radius 3 is 2.79 bits per heavy atom. The van der Waals surface area contributed by atoms with Crippen molar-refractivity contribution in [2.24, 2.45) is 0 Å². The van der Waals surface area contributed by atoms with Gasteiger partial charge in [0.05, 0.1) is 18.4 Å². The topological polar surface area (TPSA) is 43.4 Å². The molecular weight excluding hydrogens is 240 g/mol. The van der Waals surface area contributed by atoms with Crippen LogP contribution >= 0.6 is 0 Å². The summed E-state index contributed by atoms with van der Waals surface area (Å²) >= 11 is 0. The molecule has 1 fully saturated rings. The van der Waals surface area contributed by atoms with E-state index in [2.05, 4.69) is 10.3 Å². The van der Waals surface area contributed by atoms with Gasteiger partial charge < -0.3 is 14.8 Å². The van der Waals surface area contributed by atoms with Gasteiger partial charge in [0.1, 0.15) is 12.4 Å². The van der Waals surface area contributed by atoms with Crippen molar-refractivity contribution >= 4 is 0 Å². The van der Waals surface area contributed by atoms with E-state index in [9.17, 15) is 0 Å². The lowest BCUT2D eigenvalue weighted by molar-refractivity contribution is -0.0164. The molecule has 1 N–H and O–H groups in total. The van der Waals surface area contributed by atoms with Crippen LogP contribution < -0.4 is 10.1 Å². The van der Waals surface area contributed by atoms with E-state index in [4.69, 9.17) is 9.47 Å². The zero-order chi connectivity index (χ0) is 13.7. The van der Waals surface area contributed by atoms with Gasteiger partial charge in [0, 0.05) is 24.3 Å². The number of aromatic nitrogens is 1. The Bertz CT molecular complexity index is 397. The van der Waals surface area contributed by atoms with Gasteiger partial charge >= 0.3 is 0 Å². The number of nitrogens with zero attached hydrogens (tertiary/aromatic N) is 1. The maximum Gasteiger partial charge on any atom is 0.142 e. The zero-order valence-electron chi connectivity index (χ0n) is 12.1. The zero-order valence-corrected chi connectivity index (χ0v) is 12.1. The first-order valence-electron chi connectivity index (χ1n) is 6.97. The molecule has 0 saturated heterocycles. The first-order chi connectivity index (χ1) is 9.04. The second kappa shape index (κ2) is 6.35. The Kier molecular flexibility index (Phi) is 4.77. The smallest absolute Gasteiger partial charge is 0.142 e. The minimum absolute atomic E-state index is 0.116. The number of rotatable bonds is 7. The van der Waals surface area contributed by atoms with Crippen LogP contribution in [-0.2, 0) is 11.3 Å². The van der Waals surface area contributed by atoms with Gasteiger partial charge in [-0.2, -0.15) is 0 Å². The van der Waals surface area contributed by atoms with Gasteiger partial charge in [0.25, 0.3) is 0 Å². The van der Waals surface area contributed by atoms with Crippen LogP contribution in [0.4, 0.5) is 0 Å². The van der Waals surface area contributed by atoms with Crippen molar-refractivity contribution in [1.82, 2.24) is 10.3 Å². The average Bonchev–Trinajstić information content (AvgIpc) is 3.16. The highest BCUT2D eigenvalue weighted by Crippen LogP contribution is 2.22. The van der Waals surface area contributed by atoms with Gasteiger partial charge in [-0.25, -0.2) is 0 Å². The van der Waals surface area contributed by atoms with E-state index in [1.807, 2.05) is 33.0 Å². The second-order valence-corrected chi connectivity index (χ2v) is 5.95. The molecule has 4 nitrogen and oxygen atoms in total. The van der Waals surface area contributed by atoms with Gasteiger partial charge in [0.2, 0.25) is 0 Å². The molecule has 0 bridgehead atoms. The molecule has 19 heavy (non-hydrogen) atoms. The van der Waals surface area contributed by atoms with E-state index in [0.29, 0.717) is 19.3 Å². The largest absolute Gasteiger partial charge is 0.489 e. The molecule has 0 amide bonds. The molecule has 0 spiro atoms. The molecule has 1 aliphatic rings. The first kappa shape index (κ1) is 14.3. The highest BCUT2D eigenvalue weighted by Gasteiger charge is 2.20. The molecule has 1 heterocycles. The summed E-state index contributed by atoms with van der Waals surface area (Å²) in [6.45, 7) is 8.13. The predicted molar refractivity (Wildman–Crippen MR) is 75.3 cm³/mol. The van der Waals surface area contributed by atoms with E-state index >= 15 is 0 Å². The molecule has 2 rings (SSSR count). The molecule has 0 unspecified atom stereocenters. The van der Waals surface area contributed by atoms with Crippen molar-refractivity contribution < 1.29 is 9.47 Å². The fourth-order valence-corrected chi connectivity index (χ4v) is 1.73. The average molecular weight is 264 g/mol. The molecule has 0 aromatic carbocycles. The number of ether oxygens (including phenoxy) is 2. The minimum Gasteiger partial charge on any atom is -0.489 e. The van der Waals surface area contributed by atoms with E-state index in [1.54, 1.807) is 6.20 Å². The summed E-state index contributed by atoms with van der Waals surface area (Å²) in [5.74, 6) is 0.855. The fraction of sp³-hybridized carbons (Fsp3) is 0.667. The Morgan fingerprint density at radius 1 is 1.32 bits per heavy atom. The molecule has 4 heteroatoms. The first-order valence-corrected chi connectivity index (χ1v) is 6.97. The minimum atomic E-state index is -0.116. The molecule has 0 radical (unpaired) electrons. The number of hydrogen-bond acceptors (Lipinski definition) is 4. The quantitative estimate of drug-likeness (QED) is 0.769. The highest BCUT2D eigenvalue weighted by molar-refractivity contribution is 5.29. The Morgan fingerprint density at radius 2 is 2.11 bits per heavy atom. The number of pyridine rings is 1. The third-order valence-electron chi connectivity index (χ3n) is 2.90. The van der Waals surface area contributed by atoms with Crippen molar-refractivity contribution in [3.8, 4) is 5.75 Å². The summed E-state index contributed by atoms with van der Waals surface area (Å²) in [5, 5.41) is 3.49. The standard InChI is InChI=1S/C15H24N2O2/c1-15(2,3)19-9-8-18-14-11-16-7-6-12(14)10-17-13-4-5-13/h6-7,11,13,17H,4-5,8-10H2,1-3H3. The van der Waals surface area contributed by atoms with Crippen molar-refractivity contribution in [3.63, 3.8) is 0 Å². The number of hydrogen-bond donors (Lipinski definition) is 1. The lowest BCUT2D eigenvalue weighted by Gasteiger charge is -2.20. The van der Waals surface area contributed by atoms with Gasteiger partial charge in [-0.3, -0.25) is 4.98 Å². The summed E-state index contributed by atoms with van der Waals surface area (Å²) in [7, 11) is 0. The molecule has 1 aromatic heterocycles. The van der Waals surface area contributed by atoms with Crippen molar-refractivity contribution in [2.45, 2.75) is 51.8 Å². The van der Waals surface area contributed by atoms with Crippen LogP contribution in [0.2, 0.25) is 0 Å². The Labute approximate surface area is 115 Å². The predicted octanol–water partition coefficient (Wildman–Crippen LogP) is 2.53. The third kappa shape index (κ3) is 5.57. The van der Waals surface area contributed by atoms with E-state index < -0.39 is 0 Å². The molecule has 1 aromatic rings. The van der Waals surface area contributed by atoms with Crippen LogP contribution in [-0.4, -0.2) is 29.8 Å². The molecule has 0 atom stereocenters. The molecular formula is C15H24N2O2. The fourth-order valence-electron chi connectivity index (χ4n) is 1.73. The Balaban J connectivity index is 1.77. The van der Waals surface area contributed by atoms with Crippen molar-refractivity contribution in [3.05, 3.63) is 24.0 Å². The Hall–Kier alpha value is -1.13. The third-order valence-corrected chi connectivity index (χ3v) is 2.90. The van der Waals surface area contributed by atoms with Gasteiger partial charge in [-0.15, -0.1) is 0 Å². The van der Waals surface area contributed by atoms with E-state index in [0.717, 1.165) is 17.9 Å². The van der Waals surface area contributed by atoms with Crippen molar-refractivity contribution in [1.29, 1.82) is 0 Å². The van der Waals surface area contributed by atoms with Crippen molar-refractivity contribution in [2.75, 3.05) is 13.2 Å². The summed E-state index contributed by atoms with van der Waals surface area (Å²) < 4.78 is 11.4. The lowest BCUT2D eigenvalue weighted by Crippen LogP contribution is -2.23. The molecule has 1 aliphatic carbocycles. The molecule has 0 aliphatic heterocycles. The van der Waals surface area contributed by atoms with Gasteiger partial charge in [-0.05, 0) is 39.7 Å². The maximum absolute atomic E-state index is 5.76. The van der Waals surface area contributed by atoms with E-state index in [-0.39, 0.29) is 5.60 Å². The molecule has 106 valence electrons. The van der Waals surface area contributed by atoms with Crippen LogP contribution in [0.3, 0.4) is 0 Å². The summed E-state index contributed by atoms with van der Waals surface area (Å²) in [4.78, 5) is 4.12. The second-order valence-electron chi connectivity index (χ2n) is 5.95. The van der Waals surface area contributed by atoms with Crippen LogP contribution in [0.25, 0.3) is 0 Å². The van der Waals surface area contributed by atoms with Crippen LogP contribution in [0.5, 0.6) is 5.75 Å². The van der Waals surface area contributed by atoms with Crippen LogP contribution in [0, 0.1) is 0 Å². The summed E-state index contributed by atoms with van der Waals surface area (Å²) in [6.07, 6.45) is 6.17. The summed E-state index contributed by atoms with van der Waals surface area (Å²) in [5.41, 5.74) is 1.05. The van der Waals surface area contributed by atoms with E-state index in [1.165, 1.54) is 12.8 Å². The normalized spacial score (nSPS) is 15.5. The number of nitrogens with one attached hydrogen (secondary N) is 1. The highest BCUT2D eigenvalue weighted by atomic mass is 16.5. The molecule has 1 saturated carbocycles. The van der Waals surface area contributed by atoms with Crippen LogP contribution in [0.15, 0.2) is 18.5 Å². The van der Waals surface area contributed by atoms with Gasteiger partial charge in [0.15, 0.2) is 0 Å². The van der Waals surface area contributed by atoms with Gasteiger partial charge in [-0.1, -0.05) is 0 Å². The monoisotopic (exact) mass is 264 g/mol. The maximum atomic E-state index is 5.76. The lowest BCUT2D eigenvalue weighted by atomic mass is 10.2. The SMILES string of the molecule is CC(C)(C)OCCOc1cnccc1CNC1CC1. The summed E-state index contributed by atoms with van der Waals surface area (Å²) in [6, 6.07) is 2.71. The van der Waals surface area contributed by atoms with Crippen LogP contribution in [0.1, 0.15) is 39.2 Å².